The van der Waals surface area contributed by atoms with Gasteiger partial charge in [-0.25, -0.2) is 0 Å². The van der Waals surface area contributed by atoms with Crippen molar-refractivity contribution in [2.75, 3.05) is 7.11 Å². The molecule has 3 heteroatoms. The number of esters is 1. The summed E-state index contributed by atoms with van der Waals surface area (Å²) in [5.41, 5.74) is 0.736. The van der Waals surface area contributed by atoms with Crippen molar-refractivity contribution in [2.24, 2.45) is 11.8 Å². The minimum Gasteiger partial charge on any atom is -0.469 e. The van der Waals surface area contributed by atoms with Crippen LogP contribution in [0.1, 0.15) is 23.2 Å². The smallest absolute Gasteiger partial charge is 0.305 e. The molecule has 1 aliphatic rings. The predicted molar refractivity (Wildman–Crippen MR) is 59.0 cm³/mol. The summed E-state index contributed by atoms with van der Waals surface area (Å²) in [5, 5.41) is 0. The maximum absolute atomic E-state index is 11.9. The number of carbonyl (C=O) groups is 2. The van der Waals surface area contributed by atoms with Crippen LogP contribution < -0.4 is 0 Å². The first kappa shape index (κ1) is 10.9. The second kappa shape index (κ2) is 4.47. The third kappa shape index (κ3) is 2.30. The fraction of sp³-hybridized carbons (Fsp3) is 0.385. The Hall–Kier alpha value is -1.64. The highest BCUT2D eigenvalue weighted by molar-refractivity contribution is 5.99. The van der Waals surface area contributed by atoms with Crippen molar-refractivity contribution in [1.82, 2.24) is 0 Å². The number of carbonyl (C=O) groups excluding carboxylic acids is 2. The molecule has 1 aromatic rings. The number of benzene rings is 1. The zero-order valence-corrected chi connectivity index (χ0v) is 9.18. The summed E-state index contributed by atoms with van der Waals surface area (Å²) in [6.45, 7) is 0. The van der Waals surface area contributed by atoms with E-state index in [4.69, 9.17) is 0 Å². The average molecular weight is 218 g/mol. The van der Waals surface area contributed by atoms with E-state index in [0.717, 1.165) is 12.0 Å². The molecule has 1 fully saturated rings. The fourth-order valence-corrected chi connectivity index (χ4v) is 1.91. The van der Waals surface area contributed by atoms with Gasteiger partial charge in [-0.2, -0.15) is 0 Å². The molecule has 0 radical (unpaired) electrons. The van der Waals surface area contributed by atoms with Crippen LogP contribution in [0, 0.1) is 11.8 Å². The third-order valence-corrected chi connectivity index (χ3v) is 2.97. The molecule has 2 atom stereocenters. The minimum atomic E-state index is -0.228. The molecule has 2 rings (SSSR count). The molecule has 3 nitrogen and oxygen atoms in total. The highest BCUT2D eigenvalue weighted by atomic mass is 16.5. The first-order valence-electron chi connectivity index (χ1n) is 5.38. The lowest BCUT2D eigenvalue weighted by Gasteiger charge is -1.99. The number of hydrogen-bond donors (Lipinski definition) is 0. The van der Waals surface area contributed by atoms with Crippen LogP contribution in [0.2, 0.25) is 0 Å². The van der Waals surface area contributed by atoms with Crippen molar-refractivity contribution in [2.45, 2.75) is 12.8 Å². The molecule has 1 aromatic carbocycles. The normalized spacial score (nSPS) is 22.6. The van der Waals surface area contributed by atoms with E-state index in [1.165, 1.54) is 7.11 Å². The Kier molecular flexibility index (Phi) is 3.04. The van der Waals surface area contributed by atoms with E-state index in [-0.39, 0.29) is 23.6 Å². The van der Waals surface area contributed by atoms with Crippen LogP contribution in [0.5, 0.6) is 0 Å². The van der Waals surface area contributed by atoms with Crippen molar-refractivity contribution >= 4 is 11.8 Å². The Labute approximate surface area is 94.4 Å². The highest BCUT2D eigenvalue weighted by Crippen LogP contribution is 2.43. The summed E-state index contributed by atoms with van der Waals surface area (Å²) in [7, 11) is 1.37. The Morgan fingerprint density at radius 2 is 2.00 bits per heavy atom. The van der Waals surface area contributed by atoms with Gasteiger partial charge in [-0.15, -0.1) is 0 Å². The van der Waals surface area contributed by atoms with E-state index >= 15 is 0 Å². The number of ketones is 1. The number of ether oxygens (including phenoxy) is 1. The van der Waals surface area contributed by atoms with Gasteiger partial charge in [-0.1, -0.05) is 30.3 Å². The van der Waals surface area contributed by atoms with Gasteiger partial charge in [0.2, 0.25) is 0 Å². The quantitative estimate of drug-likeness (QED) is 0.574. The molecule has 0 saturated heterocycles. The average Bonchev–Trinajstić information content (AvgIpc) is 3.08. The van der Waals surface area contributed by atoms with Crippen LogP contribution in [-0.2, 0) is 9.53 Å². The molecule has 0 bridgehead atoms. The molecule has 1 saturated carbocycles. The van der Waals surface area contributed by atoms with Crippen LogP contribution in [0.3, 0.4) is 0 Å². The maximum Gasteiger partial charge on any atom is 0.305 e. The number of rotatable bonds is 4. The Morgan fingerprint density at radius 3 is 2.62 bits per heavy atom. The summed E-state index contributed by atoms with van der Waals surface area (Å²) in [6, 6.07) is 9.22. The van der Waals surface area contributed by atoms with E-state index in [0.29, 0.717) is 6.42 Å². The molecule has 0 amide bonds. The van der Waals surface area contributed by atoms with Gasteiger partial charge in [0.15, 0.2) is 5.78 Å². The number of Topliss-reactive ketones (excluding diaryl/α,β-unsaturated/α-hetero) is 1. The van der Waals surface area contributed by atoms with Crippen LogP contribution in [0.15, 0.2) is 30.3 Å². The van der Waals surface area contributed by atoms with Gasteiger partial charge in [-0.05, 0) is 12.3 Å². The molecule has 2 unspecified atom stereocenters. The van der Waals surface area contributed by atoms with Crippen LogP contribution in [-0.4, -0.2) is 18.9 Å². The maximum atomic E-state index is 11.9. The van der Waals surface area contributed by atoms with Crippen molar-refractivity contribution < 1.29 is 14.3 Å². The summed E-state index contributed by atoms with van der Waals surface area (Å²) in [6.07, 6.45) is 1.17. The summed E-state index contributed by atoms with van der Waals surface area (Å²) >= 11 is 0. The summed E-state index contributed by atoms with van der Waals surface area (Å²) in [5.74, 6) is 0.115. The topological polar surface area (TPSA) is 43.4 Å². The molecule has 0 heterocycles. The van der Waals surface area contributed by atoms with Gasteiger partial charge in [0.25, 0.3) is 0 Å². The van der Waals surface area contributed by atoms with Crippen LogP contribution in [0.4, 0.5) is 0 Å². The van der Waals surface area contributed by atoms with Gasteiger partial charge in [0.05, 0.1) is 7.11 Å². The van der Waals surface area contributed by atoms with Crippen molar-refractivity contribution in [3.8, 4) is 0 Å². The summed E-state index contributed by atoms with van der Waals surface area (Å²) < 4.78 is 4.58. The van der Waals surface area contributed by atoms with Crippen molar-refractivity contribution in [3.05, 3.63) is 35.9 Å². The predicted octanol–water partition coefficient (Wildman–Crippen LogP) is 2.07. The van der Waals surface area contributed by atoms with Crippen LogP contribution in [0.25, 0.3) is 0 Å². The van der Waals surface area contributed by atoms with E-state index in [1.54, 1.807) is 0 Å². The Bertz CT molecular complexity index is 397. The highest BCUT2D eigenvalue weighted by Gasteiger charge is 2.44. The second-order valence-corrected chi connectivity index (χ2v) is 4.11. The molecule has 0 aromatic heterocycles. The lowest BCUT2D eigenvalue weighted by molar-refractivity contribution is -0.141. The van der Waals surface area contributed by atoms with Gasteiger partial charge >= 0.3 is 5.97 Å². The molecule has 84 valence electrons. The SMILES string of the molecule is COC(=O)CC1CC1C(=O)c1ccccc1. The van der Waals surface area contributed by atoms with E-state index in [2.05, 4.69) is 4.74 Å². The lowest BCUT2D eigenvalue weighted by Crippen LogP contribution is -2.06. The molecule has 0 N–H and O–H groups in total. The monoisotopic (exact) mass is 218 g/mol. The Balaban J connectivity index is 1.93. The molecule has 0 aliphatic heterocycles. The first-order valence-corrected chi connectivity index (χ1v) is 5.38. The second-order valence-electron chi connectivity index (χ2n) is 4.11. The molecule has 0 spiro atoms. The lowest BCUT2D eigenvalue weighted by atomic mass is 10.1. The molecule has 1 aliphatic carbocycles. The molecular formula is C13H14O3. The first-order chi connectivity index (χ1) is 7.72. The standard InChI is InChI=1S/C13H14O3/c1-16-12(14)8-10-7-11(10)13(15)9-5-3-2-4-6-9/h2-6,10-11H,7-8H2,1H3. The van der Waals surface area contributed by atoms with Crippen molar-refractivity contribution in [1.29, 1.82) is 0 Å². The number of hydrogen-bond acceptors (Lipinski definition) is 3. The van der Waals surface area contributed by atoms with Gasteiger partial charge in [0, 0.05) is 17.9 Å². The largest absolute Gasteiger partial charge is 0.469 e. The fourth-order valence-electron chi connectivity index (χ4n) is 1.91. The van der Waals surface area contributed by atoms with Gasteiger partial charge in [0.1, 0.15) is 0 Å². The summed E-state index contributed by atoms with van der Waals surface area (Å²) in [4.78, 5) is 23.0. The van der Waals surface area contributed by atoms with E-state index in [9.17, 15) is 9.59 Å². The van der Waals surface area contributed by atoms with E-state index < -0.39 is 0 Å². The van der Waals surface area contributed by atoms with Gasteiger partial charge in [-0.3, -0.25) is 9.59 Å². The zero-order valence-electron chi connectivity index (χ0n) is 9.18. The minimum absolute atomic E-state index is 0.0153. The molecule has 16 heavy (non-hydrogen) atoms. The third-order valence-electron chi connectivity index (χ3n) is 2.97. The van der Waals surface area contributed by atoms with E-state index in [1.807, 2.05) is 30.3 Å². The van der Waals surface area contributed by atoms with Gasteiger partial charge < -0.3 is 4.74 Å². The Morgan fingerprint density at radius 1 is 1.31 bits per heavy atom. The van der Waals surface area contributed by atoms with Crippen molar-refractivity contribution in [3.63, 3.8) is 0 Å². The zero-order chi connectivity index (χ0) is 11.5. The molecular weight excluding hydrogens is 204 g/mol. The van der Waals surface area contributed by atoms with Crippen LogP contribution >= 0.6 is 0 Å². The number of methoxy groups -OCH3 is 1.